The molecule has 1 rings (SSSR count). The maximum Gasteiger partial charge on any atom is 0.287 e. The van der Waals surface area contributed by atoms with Crippen LogP contribution in [0.5, 0.6) is 0 Å². The largest absolute Gasteiger partial charge is 0.454 e. The van der Waals surface area contributed by atoms with E-state index in [4.69, 9.17) is 16.0 Å². The van der Waals surface area contributed by atoms with Crippen LogP contribution in [0, 0.1) is 0 Å². The third-order valence-electron chi connectivity index (χ3n) is 2.53. The van der Waals surface area contributed by atoms with Gasteiger partial charge in [0.2, 0.25) is 5.91 Å². The number of hydrogen-bond acceptors (Lipinski definition) is 4. The predicted molar refractivity (Wildman–Crippen MR) is 76.9 cm³/mol. The van der Waals surface area contributed by atoms with Crippen LogP contribution in [0.3, 0.4) is 0 Å². The van der Waals surface area contributed by atoms with Gasteiger partial charge in [0.05, 0.1) is 11.9 Å². The lowest BCUT2D eigenvalue weighted by Gasteiger charge is -2.10. The van der Waals surface area contributed by atoms with Crippen LogP contribution in [0.2, 0.25) is 0 Å². The summed E-state index contributed by atoms with van der Waals surface area (Å²) in [6, 6.07) is 3.18. The molecule has 1 aromatic rings. The van der Waals surface area contributed by atoms with Crippen molar-refractivity contribution in [1.82, 2.24) is 15.5 Å². The molecule has 0 saturated carbocycles. The van der Waals surface area contributed by atoms with Gasteiger partial charge < -0.3 is 20.0 Å². The SMILES string of the molecule is CC(Cl)c1ccc(C(=O)NCC(=O)NCCN(C)C)o1. The number of carbonyl (C=O) groups is 2. The Hall–Kier alpha value is -1.53. The minimum atomic E-state index is -0.434. The Balaban J connectivity index is 2.33. The van der Waals surface area contributed by atoms with Crippen molar-refractivity contribution in [2.24, 2.45) is 0 Å². The van der Waals surface area contributed by atoms with Crippen molar-refractivity contribution in [3.05, 3.63) is 23.7 Å². The summed E-state index contributed by atoms with van der Waals surface area (Å²) in [5.74, 6) is -0.00476. The lowest BCUT2D eigenvalue weighted by atomic mass is 10.3. The van der Waals surface area contributed by atoms with Crippen LogP contribution in [0.15, 0.2) is 16.5 Å². The second-order valence-corrected chi connectivity index (χ2v) is 5.31. The lowest BCUT2D eigenvalue weighted by Crippen LogP contribution is -2.39. The molecule has 0 bridgehead atoms. The average Bonchev–Trinajstić information content (AvgIpc) is 2.85. The maximum atomic E-state index is 11.7. The van der Waals surface area contributed by atoms with E-state index in [1.807, 2.05) is 19.0 Å². The second kappa shape index (κ2) is 7.91. The Morgan fingerprint density at radius 2 is 2.05 bits per heavy atom. The van der Waals surface area contributed by atoms with Gasteiger partial charge in [0.1, 0.15) is 5.76 Å². The highest BCUT2D eigenvalue weighted by Gasteiger charge is 2.14. The number of nitrogens with zero attached hydrogens (tertiary/aromatic N) is 1. The molecule has 6 nitrogen and oxygen atoms in total. The van der Waals surface area contributed by atoms with Crippen LogP contribution in [0.25, 0.3) is 0 Å². The standard InChI is InChI=1S/C13H20ClN3O3/c1-9(14)10-4-5-11(20-10)13(19)16-8-12(18)15-6-7-17(2)3/h4-5,9H,6-8H2,1-3H3,(H,15,18)(H,16,19). The molecule has 1 unspecified atom stereocenters. The van der Waals surface area contributed by atoms with Crippen molar-refractivity contribution in [2.75, 3.05) is 33.7 Å². The van der Waals surface area contributed by atoms with Gasteiger partial charge in [-0.2, -0.15) is 0 Å². The van der Waals surface area contributed by atoms with Gasteiger partial charge in [-0.25, -0.2) is 0 Å². The Labute approximate surface area is 123 Å². The maximum absolute atomic E-state index is 11.7. The summed E-state index contributed by atoms with van der Waals surface area (Å²) < 4.78 is 5.27. The molecule has 112 valence electrons. The fourth-order valence-corrected chi connectivity index (χ4v) is 1.54. The molecule has 0 aliphatic carbocycles. The first-order valence-corrected chi connectivity index (χ1v) is 6.77. The number of amides is 2. The van der Waals surface area contributed by atoms with Gasteiger partial charge in [0.25, 0.3) is 5.91 Å². The van der Waals surface area contributed by atoms with Gasteiger partial charge in [0, 0.05) is 13.1 Å². The molecule has 1 aromatic heterocycles. The number of halogens is 1. The van der Waals surface area contributed by atoms with Gasteiger partial charge >= 0.3 is 0 Å². The zero-order valence-electron chi connectivity index (χ0n) is 11.9. The fourth-order valence-electron chi connectivity index (χ4n) is 1.42. The molecule has 0 radical (unpaired) electrons. The minimum Gasteiger partial charge on any atom is -0.454 e. The highest BCUT2D eigenvalue weighted by Crippen LogP contribution is 2.21. The van der Waals surface area contributed by atoms with Gasteiger partial charge in [-0.3, -0.25) is 9.59 Å². The number of carbonyl (C=O) groups excluding carboxylic acids is 2. The number of nitrogens with one attached hydrogen (secondary N) is 2. The first-order chi connectivity index (χ1) is 9.40. The summed E-state index contributed by atoms with van der Waals surface area (Å²) in [6.07, 6.45) is 0. The monoisotopic (exact) mass is 301 g/mol. The van der Waals surface area contributed by atoms with Crippen molar-refractivity contribution >= 4 is 23.4 Å². The molecule has 20 heavy (non-hydrogen) atoms. The number of rotatable bonds is 7. The Bertz CT molecular complexity index is 457. The Morgan fingerprint density at radius 1 is 1.35 bits per heavy atom. The molecule has 0 fully saturated rings. The van der Waals surface area contributed by atoms with E-state index >= 15 is 0 Å². The molecule has 0 aliphatic heterocycles. The highest BCUT2D eigenvalue weighted by molar-refractivity contribution is 6.20. The zero-order chi connectivity index (χ0) is 15.1. The van der Waals surface area contributed by atoms with E-state index in [-0.39, 0.29) is 23.6 Å². The summed E-state index contributed by atoms with van der Waals surface area (Å²) >= 11 is 5.84. The van der Waals surface area contributed by atoms with E-state index in [9.17, 15) is 9.59 Å². The van der Waals surface area contributed by atoms with Gasteiger partial charge in [-0.15, -0.1) is 11.6 Å². The van der Waals surface area contributed by atoms with Crippen molar-refractivity contribution in [1.29, 1.82) is 0 Å². The second-order valence-electron chi connectivity index (χ2n) is 4.65. The van der Waals surface area contributed by atoms with E-state index in [1.54, 1.807) is 13.0 Å². The molecule has 1 atom stereocenters. The van der Waals surface area contributed by atoms with Crippen molar-refractivity contribution in [3.8, 4) is 0 Å². The molecule has 0 aliphatic rings. The predicted octanol–water partition coefficient (Wildman–Crippen LogP) is 0.987. The van der Waals surface area contributed by atoms with E-state index in [0.29, 0.717) is 12.3 Å². The summed E-state index contributed by atoms with van der Waals surface area (Å²) in [5.41, 5.74) is 0. The van der Waals surface area contributed by atoms with Crippen LogP contribution >= 0.6 is 11.6 Å². The minimum absolute atomic E-state index is 0.0846. The lowest BCUT2D eigenvalue weighted by molar-refractivity contribution is -0.120. The molecule has 0 saturated heterocycles. The van der Waals surface area contributed by atoms with E-state index in [0.717, 1.165) is 6.54 Å². The van der Waals surface area contributed by atoms with Crippen molar-refractivity contribution in [2.45, 2.75) is 12.3 Å². The van der Waals surface area contributed by atoms with E-state index in [2.05, 4.69) is 10.6 Å². The first-order valence-electron chi connectivity index (χ1n) is 6.33. The van der Waals surface area contributed by atoms with Crippen LogP contribution in [-0.4, -0.2) is 50.4 Å². The first kappa shape index (κ1) is 16.5. The average molecular weight is 302 g/mol. The highest BCUT2D eigenvalue weighted by atomic mass is 35.5. The topological polar surface area (TPSA) is 74.6 Å². The summed E-state index contributed by atoms with van der Waals surface area (Å²) in [6.45, 7) is 2.95. The molecule has 2 N–H and O–H groups in total. The Kier molecular flexibility index (Phi) is 6.54. The third kappa shape index (κ3) is 5.63. The summed E-state index contributed by atoms with van der Waals surface area (Å²) in [5, 5.41) is 4.88. The van der Waals surface area contributed by atoms with Crippen LogP contribution in [-0.2, 0) is 4.79 Å². The van der Waals surface area contributed by atoms with Gasteiger partial charge in [-0.1, -0.05) is 0 Å². The molecule has 2 amide bonds. The van der Waals surface area contributed by atoms with Crippen molar-refractivity contribution in [3.63, 3.8) is 0 Å². The smallest absolute Gasteiger partial charge is 0.287 e. The summed E-state index contributed by atoms with van der Waals surface area (Å²) in [7, 11) is 3.83. The fraction of sp³-hybridized carbons (Fsp3) is 0.538. The third-order valence-corrected chi connectivity index (χ3v) is 2.75. The van der Waals surface area contributed by atoms with Crippen LogP contribution in [0.1, 0.15) is 28.6 Å². The quantitative estimate of drug-likeness (QED) is 0.737. The number of likely N-dealkylation sites (N-methyl/N-ethyl adjacent to an activating group) is 1. The van der Waals surface area contributed by atoms with Crippen LogP contribution < -0.4 is 10.6 Å². The van der Waals surface area contributed by atoms with E-state index in [1.165, 1.54) is 6.07 Å². The van der Waals surface area contributed by atoms with Crippen LogP contribution in [0.4, 0.5) is 0 Å². The molecule has 0 aromatic carbocycles. The molecular weight excluding hydrogens is 282 g/mol. The van der Waals surface area contributed by atoms with Gasteiger partial charge in [0.15, 0.2) is 5.76 Å². The molecule has 0 spiro atoms. The molecular formula is C13H20ClN3O3. The number of alkyl halides is 1. The van der Waals surface area contributed by atoms with Crippen molar-refractivity contribution < 1.29 is 14.0 Å². The van der Waals surface area contributed by atoms with E-state index < -0.39 is 5.91 Å². The molecule has 7 heteroatoms. The summed E-state index contributed by atoms with van der Waals surface area (Å²) in [4.78, 5) is 25.2. The molecule has 1 heterocycles. The number of furan rings is 1. The Morgan fingerprint density at radius 3 is 2.60 bits per heavy atom. The zero-order valence-corrected chi connectivity index (χ0v) is 12.7. The normalized spacial score (nSPS) is 12.2. The van der Waals surface area contributed by atoms with Gasteiger partial charge in [-0.05, 0) is 33.2 Å². The number of hydrogen-bond donors (Lipinski definition) is 2.